The molecule has 1 aromatic heterocycles. The zero-order valence-corrected chi connectivity index (χ0v) is 20.3. The van der Waals surface area contributed by atoms with Crippen LogP contribution in [0.15, 0.2) is 88.4 Å². The topological polar surface area (TPSA) is 62.9 Å². The lowest BCUT2D eigenvalue weighted by Crippen LogP contribution is -2.41. The summed E-state index contributed by atoms with van der Waals surface area (Å²) >= 11 is 12.4. The Hall–Kier alpha value is -3.67. The molecule has 0 spiro atoms. The van der Waals surface area contributed by atoms with Crippen molar-refractivity contribution < 1.29 is 14.0 Å². The van der Waals surface area contributed by atoms with Gasteiger partial charge in [0.15, 0.2) is 0 Å². The minimum absolute atomic E-state index is 0.163. The molecule has 4 aromatic rings. The Bertz CT molecular complexity index is 1490. The number of carbonyl (C=O) groups is 2. The van der Waals surface area contributed by atoms with E-state index in [1.54, 1.807) is 30.3 Å². The van der Waals surface area contributed by atoms with Crippen molar-refractivity contribution in [3.8, 4) is 11.3 Å². The van der Waals surface area contributed by atoms with E-state index in [1.165, 1.54) is 6.21 Å². The number of benzene rings is 3. The molecule has 36 heavy (non-hydrogen) atoms. The van der Waals surface area contributed by atoms with Crippen LogP contribution in [0.3, 0.4) is 0 Å². The molecule has 5 nitrogen and oxygen atoms in total. The molecule has 0 saturated carbocycles. The number of rotatable bonds is 3. The third kappa shape index (κ3) is 3.00. The first-order valence-corrected chi connectivity index (χ1v) is 12.4. The number of nitrogens with zero attached hydrogens (tertiary/aromatic N) is 2. The molecule has 2 amide bonds. The van der Waals surface area contributed by atoms with Crippen molar-refractivity contribution in [3.05, 3.63) is 117 Å². The number of hydrazone groups is 1. The molecule has 2 heterocycles. The largest absolute Gasteiger partial charge is 0.455 e. The van der Waals surface area contributed by atoms with Crippen LogP contribution in [-0.4, -0.2) is 23.0 Å². The maximum Gasteiger partial charge on any atom is 0.254 e. The first kappa shape index (κ1) is 21.6. The summed E-state index contributed by atoms with van der Waals surface area (Å²) in [6.45, 7) is 0. The number of imide groups is 1. The molecule has 0 radical (unpaired) electrons. The molecule has 3 aliphatic carbocycles. The molecule has 4 aliphatic rings. The minimum Gasteiger partial charge on any atom is -0.455 e. The number of hydrogen-bond acceptors (Lipinski definition) is 4. The van der Waals surface area contributed by atoms with Gasteiger partial charge >= 0.3 is 0 Å². The smallest absolute Gasteiger partial charge is 0.254 e. The first-order chi connectivity index (χ1) is 17.5. The highest BCUT2D eigenvalue weighted by atomic mass is 35.5. The van der Waals surface area contributed by atoms with E-state index >= 15 is 0 Å². The second-order valence-electron chi connectivity index (χ2n) is 9.32. The van der Waals surface area contributed by atoms with Crippen molar-refractivity contribution in [2.45, 2.75) is 11.8 Å². The third-order valence-corrected chi connectivity index (χ3v) is 8.11. The van der Waals surface area contributed by atoms with Gasteiger partial charge < -0.3 is 4.42 Å². The molecule has 0 N–H and O–H groups in total. The van der Waals surface area contributed by atoms with Gasteiger partial charge in [0, 0.05) is 22.4 Å². The average molecular weight is 513 g/mol. The molecule has 1 fully saturated rings. The van der Waals surface area contributed by atoms with Gasteiger partial charge in [0.25, 0.3) is 11.8 Å². The van der Waals surface area contributed by atoms with Gasteiger partial charge in [0.05, 0.1) is 23.1 Å². The van der Waals surface area contributed by atoms with Crippen molar-refractivity contribution in [1.29, 1.82) is 0 Å². The second kappa shape index (κ2) is 7.92. The summed E-state index contributed by atoms with van der Waals surface area (Å²) in [5.74, 6) is -0.904. The monoisotopic (exact) mass is 512 g/mol. The Kier molecular flexibility index (Phi) is 4.75. The molecule has 2 bridgehead atoms. The van der Waals surface area contributed by atoms with E-state index in [0.717, 1.165) is 27.3 Å². The van der Waals surface area contributed by atoms with Crippen LogP contribution in [0, 0.1) is 11.8 Å². The van der Waals surface area contributed by atoms with E-state index in [-0.39, 0.29) is 23.7 Å². The Labute approximate surface area is 216 Å². The fourth-order valence-corrected chi connectivity index (χ4v) is 6.53. The summed E-state index contributed by atoms with van der Waals surface area (Å²) < 4.78 is 5.87. The molecule has 176 valence electrons. The zero-order chi connectivity index (χ0) is 24.6. The van der Waals surface area contributed by atoms with Crippen molar-refractivity contribution >= 4 is 41.2 Å². The fraction of sp³-hybridized carbons (Fsp3) is 0.138. The molecule has 8 rings (SSSR count). The predicted octanol–water partition coefficient (Wildman–Crippen LogP) is 6.48. The van der Waals surface area contributed by atoms with Crippen LogP contribution < -0.4 is 0 Å². The summed E-state index contributed by atoms with van der Waals surface area (Å²) in [7, 11) is 0. The van der Waals surface area contributed by atoms with Crippen molar-refractivity contribution in [2.24, 2.45) is 16.9 Å². The van der Waals surface area contributed by atoms with E-state index in [9.17, 15) is 9.59 Å². The first-order valence-electron chi connectivity index (χ1n) is 11.7. The average Bonchev–Trinajstić information content (AvgIpc) is 3.47. The highest BCUT2D eigenvalue weighted by Gasteiger charge is 2.61. The Morgan fingerprint density at radius 1 is 0.750 bits per heavy atom. The molecule has 3 aromatic carbocycles. The van der Waals surface area contributed by atoms with Gasteiger partial charge in [-0.1, -0.05) is 71.7 Å². The molecule has 1 aliphatic heterocycles. The van der Waals surface area contributed by atoms with Gasteiger partial charge in [-0.15, -0.1) is 0 Å². The van der Waals surface area contributed by atoms with Gasteiger partial charge in [-0.05, 0) is 52.6 Å². The number of carbonyl (C=O) groups excluding carboxylic acids is 2. The highest BCUT2D eigenvalue weighted by Crippen LogP contribution is 2.60. The quantitative estimate of drug-likeness (QED) is 0.233. The van der Waals surface area contributed by atoms with Crippen molar-refractivity contribution in [2.75, 3.05) is 0 Å². The van der Waals surface area contributed by atoms with Crippen molar-refractivity contribution in [3.63, 3.8) is 0 Å². The minimum atomic E-state index is -0.470. The maximum atomic E-state index is 13.6. The van der Waals surface area contributed by atoms with E-state index in [4.69, 9.17) is 27.6 Å². The Morgan fingerprint density at radius 3 is 1.86 bits per heavy atom. The number of halogens is 2. The summed E-state index contributed by atoms with van der Waals surface area (Å²) in [6, 6.07) is 24.9. The lowest BCUT2D eigenvalue weighted by Gasteiger charge is -2.45. The second-order valence-corrected chi connectivity index (χ2v) is 10.2. The molecule has 7 heteroatoms. The molecule has 2 atom stereocenters. The summed E-state index contributed by atoms with van der Waals surface area (Å²) in [6.07, 6.45) is 1.40. The normalized spacial score (nSPS) is 23.8. The Morgan fingerprint density at radius 2 is 1.31 bits per heavy atom. The van der Waals surface area contributed by atoms with Gasteiger partial charge in [0.1, 0.15) is 11.5 Å². The van der Waals surface area contributed by atoms with Gasteiger partial charge in [-0.2, -0.15) is 10.1 Å². The van der Waals surface area contributed by atoms with Crippen LogP contribution in [0.2, 0.25) is 10.0 Å². The SMILES string of the molecule is O=C1[C@H]2C3c4ccccc4C(c4ccccc43)[C@@H]2C(=O)N1/N=C\c1ccc(-c2cc(Cl)ccc2Cl)o1. The number of amides is 2. The fourth-order valence-electron chi connectivity index (χ4n) is 6.14. The predicted molar refractivity (Wildman–Crippen MR) is 137 cm³/mol. The molecular weight excluding hydrogens is 495 g/mol. The standard InChI is InChI=1S/C29H18Cl2N2O3/c30-15-9-11-22(31)21(13-15)23-12-10-16(36-23)14-32-33-28(34)26-24-17-5-1-2-6-18(17)25(27(26)29(33)35)20-8-4-3-7-19(20)24/h1-14,24-27H/b32-14-/t24?,25?,26-,27-/m0/s1. The lowest BCUT2D eigenvalue weighted by molar-refractivity contribution is -0.139. The summed E-state index contributed by atoms with van der Waals surface area (Å²) in [4.78, 5) is 27.2. The highest BCUT2D eigenvalue weighted by molar-refractivity contribution is 6.35. The van der Waals surface area contributed by atoms with E-state index in [2.05, 4.69) is 29.4 Å². The van der Waals surface area contributed by atoms with Crippen LogP contribution in [0.1, 0.15) is 39.8 Å². The Balaban J connectivity index is 1.24. The van der Waals surface area contributed by atoms with Crippen LogP contribution >= 0.6 is 23.2 Å². The molecule has 1 saturated heterocycles. The molecular formula is C29H18Cl2N2O3. The van der Waals surface area contributed by atoms with Gasteiger partial charge in [-0.25, -0.2) is 0 Å². The van der Waals surface area contributed by atoms with Crippen LogP contribution in [0.5, 0.6) is 0 Å². The zero-order valence-electron chi connectivity index (χ0n) is 18.8. The van der Waals surface area contributed by atoms with Gasteiger partial charge in [0.2, 0.25) is 0 Å². The summed E-state index contributed by atoms with van der Waals surface area (Å²) in [5, 5.41) is 6.37. The van der Waals surface area contributed by atoms with Crippen LogP contribution in [0.25, 0.3) is 11.3 Å². The summed E-state index contributed by atoms with van der Waals surface area (Å²) in [5.41, 5.74) is 5.16. The van der Waals surface area contributed by atoms with Crippen LogP contribution in [0.4, 0.5) is 0 Å². The van der Waals surface area contributed by atoms with Crippen molar-refractivity contribution in [1.82, 2.24) is 5.01 Å². The van der Waals surface area contributed by atoms with E-state index < -0.39 is 11.8 Å². The van der Waals surface area contributed by atoms with E-state index in [0.29, 0.717) is 27.1 Å². The maximum absolute atomic E-state index is 13.6. The third-order valence-electron chi connectivity index (χ3n) is 7.55. The van der Waals surface area contributed by atoms with E-state index in [1.807, 2.05) is 24.3 Å². The number of furan rings is 1. The lowest BCUT2D eigenvalue weighted by atomic mass is 9.55. The van der Waals surface area contributed by atoms with Gasteiger partial charge in [-0.3, -0.25) is 9.59 Å². The van der Waals surface area contributed by atoms with Crippen LogP contribution in [-0.2, 0) is 9.59 Å². The number of hydrogen-bond donors (Lipinski definition) is 0. The molecule has 0 unspecified atom stereocenters.